The summed E-state index contributed by atoms with van der Waals surface area (Å²) in [5, 5.41) is 0.485. The van der Waals surface area contributed by atoms with E-state index in [1.807, 2.05) is 16.7 Å². The average Bonchev–Trinajstić information content (AvgIpc) is 3.53. The smallest absolute Gasteiger partial charge is 0.343 e. The Morgan fingerprint density at radius 1 is 1.13 bits per heavy atom. The van der Waals surface area contributed by atoms with E-state index >= 15 is 0 Å². The molecule has 0 spiro atoms. The van der Waals surface area contributed by atoms with Crippen LogP contribution in [-0.2, 0) is 17.8 Å². The van der Waals surface area contributed by atoms with Crippen molar-refractivity contribution in [2.75, 3.05) is 20.8 Å². The molecular formula is C25H26N2O4. The van der Waals surface area contributed by atoms with Crippen molar-refractivity contribution in [3.8, 4) is 16.9 Å². The maximum atomic E-state index is 13.2. The van der Waals surface area contributed by atoms with E-state index in [9.17, 15) is 9.59 Å². The van der Waals surface area contributed by atoms with Crippen LogP contribution in [0.25, 0.3) is 22.0 Å². The van der Waals surface area contributed by atoms with Gasteiger partial charge in [-0.2, -0.15) is 0 Å². The van der Waals surface area contributed by atoms with Crippen molar-refractivity contribution in [1.29, 1.82) is 0 Å². The number of fused-ring (bicyclic) bond motifs is 2. The zero-order valence-electron chi connectivity index (χ0n) is 18.1. The zero-order valence-corrected chi connectivity index (χ0v) is 18.1. The molecule has 0 radical (unpaired) electrons. The lowest BCUT2D eigenvalue weighted by atomic mass is 9.97. The molecule has 1 aromatic heterocycles. The summed E-state index contributed by atoms with van der Waals surface area (Å²) in [5.41, 5.74) is 5.20. The Labute approximate surface area is 181 Å². The number of rotatable bonds is 5. The molecule has 1 fully saturated rings. The summed E-state index contributed by atoms with van der Waals surface area (Å²) in [5.74, 6) is 0.0952. The summed E-state index contributed by atoms with van der Waals surface area (Å²) in [6, 6.07) is 10.5. The summed E-state index contributed by atoms with van der Waals surface area (Å²) >= 11 is 0. The van der Waals surface area contributed by atoms with Crippen LogP contribution in [0.5, 0.6) is 5.75 Å². The van der Waals surface area contributed by atoms with Crippen LogP contribution in [0.3, 0.4) is 0 Å². The van der Waals surface area contributed by atoms with Gasteiger partial charge in [-0.25, -0.2) is 4.79 Å². The standard InChI is InChI=1S/C25H26N2O4/c1-4-31-25(29)21-14-27(18-7-8-18)22-20(23(21)28)10-9-19(24(22)30-3)15-5-6-16-12-26(2)13-17(16)11-15/h5-6,9-11,14,18H,4,7-8,12-13H2,1-3H3. The van der Waals surface area contributed by atoms with E-state index in [2.05, 4.69) is 30.1 Å². The summed E-state index contributed by atoms with van der Waals surface area (Å²) in [6.07, 6.45) is 3.68. The van der Waals surface area contributed by atoms with Gasteiger partial charge in [0, 0.05) is 30.9 Å². The van der Waals surface area contributed by atoms with Gasteiger partial charge in [0.15, 0.2) is 5.75 Å². The SMILES string of the molecule is CCOC(=O)c1cn(C2CC2)c2c(OC)c(-c3ccc4c(c3)CN(C)C4)ccc2c1=O. The second kappa shape index (κ2) is 7.54. The Morgan fingerprint density at radius 3 is 2.61 bits per heavy atom. The zero-order chi connectivity index (χ0) is 21.7. The van der Waals surface area contributed by atoms with Gasteiger partial charge in [-0.1, -0.05) is 12.1 Å². The van der Waals surface area contributed by atoms with E-state index in [0.717, 1.165) is 42.6 Å². The van der Waals surface area contributed by atoms with Gasteiger partial charge in [-0.15, -0.1) is 0 Å². The molecule has 1 aliphatic carbocycles. The highest BCUT2D eigenvalue weighted by atomic mass is 16.5. The molecule has 6 heteroatoms. The molecule has 0 atom stereocenters. The van der Waals surface area contributed by atoms with Crippen LogP contribution in [0.4, 0.5) is 0 Å². The van der Waals surface area contributed by atoms with E-state index in [4.69, 9.17) is 9.47 Å². The Kier molecular flexibility index (Phi) is 4.82. The maximum Gasteiger partial charge on any atom is 0.343 e. The molecule has 2 aliphatic rings. The summed E-state index contributed by atoms with van der Waals surface area (Å²) in [6.45, 7) is 3.86. The molecular weight excluding hydrogens is 392 g/mol. The minimum absolute atomic E-state index is 0.0802. The molecule has 1 saturated carbocycles. The first-order valence-electron chi connectivity index (χ1n) is 10.8. The van der Waals surface area contributed by atoms with Crippen molar-refractivity contribution in [2.45, 2.75) is 38.9 Å². The number of hydrogen-bond donors (Lipinski definition) is 0. The van der Waals surface area contributed by atoms with Crippen molar-refractivity contribution >= 4 is 16.9 Å². The van der Waals surface area contributed by atoms with Crippen molar-refractivity contribution < 1.29 is 14.3 Å². The van der Waals surface area contributed by atoms with Crippen LogP contribution in [-0.4, -0.2) is 36.2 Å². The molecule has 0 N–H and O–H groups in total. The number of carbonyl (C=O) groups is 1. The third-order valence-corrected chi connectivity index (χ3v) is 6.18. The van der Waals surface area contributed by atoms with E-state index < -0.39 is 5.97 Å². The minimum Gasteiger partial charge on any atom is -0.494 e. The molecule has 160 valence electrons. The van der Waals surface area contributed by atoms with Gasteiger partial charge in [0.05, 0.1) is 24.6 Å². The topological polar surface area (TPSA) is 60.8 Å². The molecule has 0 amide bonds. The predicted octanol–water partition coefficient (Wildman–Crippen LogP) is 4.13. The lowest BCUT2D eigenvalue weighted by Gasteiger charge is -2.18. The Hall–Kier alpha value is -3.12. The maximum absolute atomic E-state index is 13.2. The average molecular weight is 418 g/mol. The van der Waals surface area contributed by atoms with E-state index in [1.54, 1.807) is 20.2 Å². The number of methoxy groups -OCH3 is 1. The fraction of sp³-hybridized carbons (Fsp3) is 0.360. The van der Waals surface area contributed by atoms with Crippen molar-refractivity contribution in [3.63, 3.8) is 0 Å². The number of aromatic nitrogens is 1. The molecule has 0 saturated heterocycles. The van der Waals surface area contributed by atoms with Crippen LogP contribution in [0, 0.1) is 0 Å². The monoisotopic (exact) mass is 418 g/mol. The van der Waals surface area contributed by atoms with Gasteiger partial charge >= 0.3 is 5.97 Å². The van der Waals surface area contributed by atoms with Crippen molar-refractivity contribution in [3.05, 3.63) is 63.4 Å². The fourth-order valence-electron chi connectivity index (χ4n) is 4.58. The van der Waals surface area contributed by atoms with Crippen LogP contribution >= 0.6 is 0 Å². The number of carbonyl (C=O) groups excluding carboxylic acids is 1. The molecule has 5 rings (SSSR count). The number of esters is 1. The number of pyridine rings is 1. The van der Waals surface area contributed by atoms with Crippen molar-refractivity contribution in [1.82, 2.24) is 9.47 Å². The Morgan fingerprint density at radius 2 is 1.90 bits per heavy atom. The molecule has 31 heavy (non-hydrogen) atoms. The lowest BCUT2D eigenvalue weighted by Crippen LogP contribution is -2.21. The fourth-order valence-corrected chi connectivity index (χ4v) is 4.58. The molecule has 0 bridgehead atoms. The highest BCUT2D eigenvalue weighted by molar-refractivity contribution is 5.98. The van der Waals surface area contributed by atoms with Crippen LogP contribution in [0.15, 0.2) is 41.3 Å². The number of nitrogens with zero attached hydrogens (tertiary/aromatic N) is 2. The molecule has 2 heterocycles. The quantitative estimate of drug-likeness (QED) is 0.583. The van der Waals surface area contributed by atoms with E-state index in [1.165, 1.54) is 11.1 Å². The second-order valence-corrected chi connectivity index (χ2v) is 8.43. The molecule has 6 nitrogen and oxygen atoms in total. The molecule has 2 aromatic carbocycles. The number of ether oxygens (including phenoxy) is 2. The van der Waals surface area contributed by atoms with E-state index in [0.29, 0.717) is 11.1 Å². The minimum atomic E-state index is -0.574. The van der Waals surface area contributed by atoms with Gasteiger partial charge in [-0.3, -0.25) is 9.69 Å². The molecule has 1 aliphatic heterocycles. The lowest BCUT2D eigenvalue weighted by molar-refractivity contribution is 0.0524. The van der Waals surface area contributed by atoms with Gasteiger partial charge in [-0.05, 0) is 61.7 Å². The van der Waals surface area contributed by atoms with Crippen LogP contribution in [0.2, 0.25) is 0 Å². The van der Waals surface area contributed by atoms with Crippen molar-refractivity contribution in [2.24, 2.45) is 0 Å². The third-order valence-electron chi connectivity index (χ3n) is 6.18. The van der Waals surface area contributed by atoms with Crippen LogP contribution in [0.1, 0.15) is 47.3 Å². The van der Waals surface area contributed by atoms with Gasteiger partial charge < -0.3 is 14.0 Å². The first-order valence-corrected chi connectivity index (χ1v) is 10.8. The summed E-state index contributed by atoms with van der Waals surface area (Å²) in [4.78, 5) is 27.9. The van der Waals surface area contributed by atoms with E-state index in [-0.39, 0.29) is 23.6 Å². The van der Waals surface area contributed by atoms with Gasteiger partial charge in [0.2, 0.25) is 5.43 Å². The second-order valence-electron chi connectivity index (χ2n) is 8.43. The summed E-state index contributed by atoms with van der Waals surface area (Å²) in [7, 11) is 3.76. The highest BCUT2D eigenvalue weighted by Crippen LogP contribution is 2.43. The van der Waals surface area contributed by atoms with Crippen LogP contribution < -0.4 is 10.2 Å². The first-order chi connectivity index (χ1) is 15.0. The molecule has 3 aromatic rings. The number of benzene rings is 2. The normalized spacial score (nSPS) is 15.8. The largest absolute Gasteiger partial charge is 0.494 e. The Bertz CT molecular complexity index is 1260. The summed E-state index contributed by atoms with van der Waals surface area (Å²) < 4.78 is 13.0. The third kappa shape index (κ3) is 3.31. The Balaban J connectivity index is 1.74. The molecule has 0 unspecified atom stereocenters. The van der Waals surface area contributed by atoms with Gasteiger partial charge in [0.25, 0.3) is 0 Å². The number of hydrogen-bond acceptors (Lipinski definition) is 5. The highest BCUT2D eigenvalue weighted by Gasteiger charge is 2.29. The van der Waals surface area contributed by atoms with Gasteiger partial charge in [0.1, 0.15) is 5.56 Å². The predicted molar refractivity (Wildman–Crippen MR) is 120 cm³/mol. The first kappa shape index (κ1) is 19.8.